The number of carbonyl (C=O) groups excluding carboxylic acids is 1. The van der Waals surface area contributed by atoms with Gasteiger partial charge in [-0.1, -0.05) is 17.7 Å². The van der Waals surface area contributed by atoms with Gasteiger partial charge in [0.15, 0.2) is 0 Å². The van der Waals surface area contributed by atoms with Crippen LogP contribution in [0.25, 0.3) is 0 Å². The molecule has 0 saturated heterocycles. The summed E-state index contributed by atoms with van der Waals surface area (Å²) in [5.41, 5.74) is 7.02. The van der Waals surface area contributed by atoms with Gasteiger partial charge in [0, 0.05) is 5.69 Å². The number of aryl methyl sites for hydroxylation is 1. The smallest absolute Gasteiger partial charge is 0.226 e. The molecule has 0 aromatic heterocycles. The zero-order chi connectivity index (χ0) is 18.9. The molecule has 0 aliphatic rings. The lowest BCUT2D eigenvalue weighted by Gasteiger charge is -2.29. The molecule has 5 heteroatoms. The predicted molar refractivity (Wildman–Crippen MR) is 103 cm³/mol. The van der Waals surface area contributed by atoms with E-state index in [-0.39, 0.29) is 17.1 Å². The third-order valence-electron chi connectivity index (χ3n) is 4.10. The highest BCUT2D eigenvalue weighted by Gasteiger charge is 2.22. The number of carbonyl (C=O) groups is 1. The molecule has 0 aliphatic carbocycles. The van der Waals surface area contributed by atoms with Gasteiger partial charge >= 0.3 is 0 Å². The summed E-state index contributed by atoms with van der Waals surface area (Å²) < 4.78 is 11.7. The molecule has 0 radical (unpaired) electrons. The Morgan fingerprint density at radius 2 is 1.56 bits per heavy atom. The molecule has 5 nitrogen and oxygen atoms in total. The van der Waals surface area contributed by atoms with E-state index in [0.29, 0.717) is 26.2 Å². The maximum atomic E-state index is 12.0. The fourth-order valence-electron chi connectivity index (χ4n) is 2.35. The highest BCUT2D eigenvalue weighted by Crippen LogP contribution is 2.19. The Kier molecular flexibility index (Phi) is 8.56. The summed E-state index contributed by atoms with van der Waals surface area (Å²) >= 11 is 0. The number of benzene rings is 1. The fraction of sp³-hybridized carbons (Fsp3) is 0.650. The van der Waals surface area contributed by atoms with Crippen LogP contribution in [-0.4, -0.2) is 36.9 Å². The van der Waals surface area contributed by atoms with Crippen molar-refractivity contribution in [3.05, 3.63) is 29.8 Å². The number of hydrogen-bond acceptors (Lipinski definition) is 4. The number of nitrogens with one attached hydrogen (secondary N) is 1. The first-order chi connectivity index (χ1) is 11.6. The molecule has 0 fully saturated rings. The SMILES string of the molecule is Cc1ccc(NC(=O)CCOC(C)(C)CCOC(C)(C)CCN)cc1. The van der Waals surface area contributed by atoms with Gasteiger partial charge in [0.1, 0.15) is 0 Å². The number of anilines is 1. The molecule has 3 N–H and O–H groups in total. The monoisotopic (exact) mass is 350 g/mol. The third kappa shape index (κ3) is 9.58. The average Bonchev–Trinajstić information content (AvgIpc) is 2.48. The lowest BCUT2D eigenvalue weighted by molar-refractivity contribution is -0.119. The molecule has 1 amide bonds. The first kappa shape index (κ1) is 21.6. The molecule has 0 heterocycles. The van der Waals surface area contributed by atoms with E-state index in [4.69, 9.17) is 15.2 Å². The van der Waals surface area contributed by atoms with Crippen molar-refractivity contribution < 1.29 is 14.3 Å². The van der Waals surface area contributed by atoms with Crippen LogP contribution in [0, 0.1) is 6.92 Å². The molecule has 142 valence electrons. The number of nitrogens with two attached hydrogens (primary N) is 1. The molecule has 0 spiro atoms. The van der Waals surface area contributed by atoms with Crippen LogP contribution < -0.4 is 11.1 Å². The summed E-state index contributed by atoms with van der Waals surface area (Å²) in [6.45, 7) is 11.7. The van der Waals surface area contributed by atoms with Crippen LogP contribution in [0.15, 0.2) is 24.3 Å². The van der Waals surface area contributed by atoms with Crippen molar-refractivity contribution in [1.82, 2.24) is 0 Å². The molecule has 0 aliphatic heterocycles. The number of amides is 1. The van der Waals surface area contributed by atoms with Gasteiger partial charge in [0.2, 0.25) is 5.91 Å². The molecule has 0 atom stereocenters. The summed E-state index contributed by atoms with van der Waals surface area (Å²) in [4.78, 5) is 12.0. The van der Waals surface area contributed by atoms with Crippen LogP contribution in [0.2, 0.25) is 0 Å². The van der Waals surface area contributed by atoms with E-state index in [1.807, 2.05) is 58.9 Å². The molecule has 0 unspecified atom stereocenters. The number of ether oxygens (including phenoxy) is 2. The Labute approximate surface area is 152 Å². The first-order valence-electron chi connectivity index (χ1n) is 8.98. The average molecular weight is 351 g/mol. The maximum Gasteiger partial charge on any atom is 0.226 e. The second-order valence-corrected chi connectivity index (χ2v) is 7.67. The van der Waals surface area contributed by atoms with E-state index in [1.165, 1.54) is 5.56 Å². The van der Waals surface area contributed by atoms with Crippen LogP contribution >= 0.6 is 0 Å². The largest absolute Gasteiger partial charge is 0.375 e. The lowest BCUT2D eigenvalue weighted by atomic mass is 10.0. The Morgan fingerprint density at radius 1 is 1.00 bits per heavy atom. The summed E-state index contributed by atoms with van der Waals surface area (Å²) in [6.07, 6.45) is 1.92. The minimum atomic E-state index is -0.330. The number of hydrogen-bond donors (Lipinski definition) is 2. The van der Waals surface area contributed by atoms with E-state index in [0.717, 1.165) is 18.5 Å². The summed E-state index contributed by atoms with van der Waals surface area (Å²) in [7, 11) is 0. The molecular formula is C20H34N2O3. The van der Waals surface area contributed by atoms with E-state index >= 15 is 0 Å². The van der Waals surface area contributed by atoms with Gasteiger partial charge < -0.3 is 20.5 Å². The summed E-state index contributed by atoms with van der Waals surface area (Å²) in [5.74, 6) is -0.0417. The van der Waals surface area contributed by atoms with Crippen LogP contribution in [0.4, 0.5) is 5.69 Å². The minimum Gasteiger partial charge on any atom is -0.375 e. The highest BCUT2D eigenvalue weighted by atomic mass is 16.5. The van der Waals surface area contributed by atoms with Crippen LogP contribution in [0.1, 0.15) is 52.5 Å². The Morgan fingerprint density at radius 3 is 2.16 bits per heavy atom. The third-order valence-corrected chi connectivity index (χ3v) is 4.10. The molecule has 1 rings (SSSR count). The quantitative estimate of drug-likeness (QED) is 0.639. The first-order valence-corrected chi connectivity index (χ1v) is 8.98. The van der Waals surface area contributed by atoms with Crippen molar-refractivity contribution in [2.24, 2.45) is 5.73 Å². The summed E-state index contributed by atoms with van der Waals surface area (Å²) in [6, 6.07) is 7.75. The Balaban J connectivity index is 2.26. The predicted octanol–water partition coefficient (Wildman–Crippen LogP) is 3.65. The summed E-state index contributed by atoms with van der Waals surface area (Å²) in [5, 5.41) is 2.88. The molecule has 25 heavy (non-hydrogen) atoms. The van der Waals surface area contributed by atoms with Gasteiger partial charge in [0.05, 0.1) is 30.8 Å². The molecular weight excluding hydrogens is 316 g/mol. The minimum absolute atomic E-state index is 0.0417. The van der Waals surface area contributed by atoms with Crippen molar-refractivity contribution in [2.45, 2.75) is 65.1 Å². The molecule has 0 saturated carbocycles. The van der Waals surface area contributed by atoms with Gasteiger partial charge in [-0.3, -0.25) is 4.79 Å². The van der Waals surface area contributed by atoms with Gasteiger partial charge in [-0.15, -0.1) is 0 Å². The van der Waals surface area contributed by atoms with Crippen LogP contribution in [-0.2, 0) is 14.3 Å². The normalized spacial score (nSPS) is 12.2. The number of rotatable bonds is 11. The van der Waals surface area contributed by atoms with Crippen molar-refractivity contribution in [2.75, 3.05) is 25.1 Å². The Bertz CT molecular complexity index is 524. The van der Waals surface area contributed by atoms with Crippen molar-refractivity contribution >= 4 is 11.6 Å². The zero-order valence-electron chi connectivity index (χ0n) is 16.4. The molecule has 1 aromatic rings. The Hall–Kier alpha value is -1.43. The zero-order valence-corrected chi connectivity index (χ0v) is 16.4. The van der Waals surface area contributed by atoms with E-state index < -0.39 is 0 Å². The van der Waals surface area contributed by atoms with Gasteiger partial charge in [-0.25, -0.2) is 0 Å². The van der Waals surface area contributed by atoms with Crippen LogP contribution in [0.3, 0.4) is 0 Å². The van der Waals surface area contributed by atoms with Crippen molar-refractivity contribution in [3.8, 4) is 0 Å². The van der Waals surface area contributed by atoms with Crippen molar-refractivity contribution in [1.29, 1.82) is 0 Å². The maximum absolute atomic E-state index is 12.0. The van der Waals surface area contributed by atoms with Gasteiger partial charge in [-0.2, -0.15) is 0 Å². The van der Waals surface area contributed by atoms with E-state index in [1.54, 1.807) is 0 Å². The second kappa shape index (κ2) is 9.90. The van der Waals surface area contributed by atoms with Crippen molar-refractivity contribution in [3.63, 3.8) is 0 Å². The standard InChI is InChI=1S/C20H34N2O3/c1-16-6-8-17(9-7-16)22-18(23)10-14-24-20(4,5)12-15-25-19(2,3)11-13-21/h6-9H,10-15,21H2,1-5H3,(H,22,23). The van der Waals surface area contributed by atoms with E-state index in [2.05, 4.69) is 5.32 Å². The van der Waals surface area contributed by atoms with Gasteiger partial charge in [-0.05, 0) is 66.1 Å². The van der Waals surface area contributed by atoms with Gasteiger partial charge in [0.25, 0.3) is 0 Å². The van der Waals surface area contributed by atoms with E-state index in [9.17, 15) is 4.79 Å². The topological polar surface area (TPSA) is 73.6 Å². The fourth-order valence-corrected chi connectivity index (χ4v) is 2.35. The molecule has 0 bridgehead atoms. The second-order valence-electron chi connectivity index (χ2n) is 7.67. The highest BCUT2D eigenvalue weighted by molar-refractivity contribution is 5.90. The lowest BCUT2D eigenvalue weighted by Crippen LogP contribution is -2.32. The van der Waals surface area contributed by atoms with Crippen LogP contribution in [0.5, 0.6) is 0 Å². The molecule has 1 aromatic carbocycles.